The maximum Gasteiger partial charge on any atom is 0.303 e. The molecule has 1 heterocycles. The lowest BCUT2D eigenvalue weighted by Crippen LogP contribution is -2.65. The molecule has 41 heavy (non-hydrogen) atoms. The third-order valence-corrected chi connectivity index (χ3v) is 5.48. The minimum absolute atomic E-state index is 0.608. The van der Waals surface area contributed by atoms with Gasteiger partial charge in [0.25, 0.3) is 5.91 Å². The number of rotatable bonds is 10. The molecule has 0 bridgehead atoms. The summed E-state index contributed by atoms with van der Waals surface area (Å²) in [6.07, 6.45) is -5.40. The second kappa shape index (κ2) is 14.0. The molecule has 0 aromatic heterocycles. The highest BCUT2D eigenvalue weighted by Crippen LogP contribution is 2.27. The molecule has 1 aliphatic rings. The van der Waals surface area contributed by atoms with Crippen molar-refractivity contribution in [2.75, 3.05) is 6.61 Å². The molecule has 1 fully saturated rings. The normalized spacial score (nSPS) is 20.4. The zero-order valence-electron chi connectivity index (χ0n) is 22.2. The van der Waals surface area contributed by atoms with Crippen LogP contribution in [-0.4, -0.2) is 77.9 Å². The minimum atomic E-state index is -2.38. The Hall–Kier alpha value is -4.15. The van der Waals surface area contributed by atoms with Gasteiger partial charge >= 0.3 is 17.9 Å². The van der Waals surface area contributed by atoms with Crippen molar-refractivity contribution in [3.05, 3.63) is 34.6 Å². The van der Waals surface area contributed by atoms with E-state index in [1.165, 1.54) is 6.92 Å². The van der Waals surface area contributed by atoms with Gasteiger partial charge in [-0.05, 0) is 6.92 Å². The van der Waals surface area contributed by atoms with E-state index >= 15 is 0 Å². The Morgan fingerprint density at radius 2 is 1.44 bits per heavy atom. The summed E-state index contributed by atoms with van der Waals surface area (Å²) in [6.45, 7) is 3.30. The van der Waals surface area contributed by atoms with Crippen molar-refractivity contribution >= 4 is 35.9 Å². The van der Waals surface area contributed by atoms with E-state index in [1.54, 1.807) is 0 Å². The summed E-state index contributed by atoms with van der Waals surface area (Å²) >= 11 is 0. The number of hydrogen-bond acceptors (Lipinski definition) is 11. The van der Waals surface area contributed by atoms with E-state index in [9.17, 15) is 45.9 Å². The number of carbonyl (C=O) groups is 5. The van der Waals surface area contributed by atoms with Gasteiger partial charge in [0.1, 0.15) is 31.5 Å². The number of oxime groups is 1. The maximum absolute atomic E-state index is 14.0. The first-order valence-electron chi connectivity index (χ1n) is 11.7. The van der Waals surface area contributed by atoms with Gasteiger partial charge in [-0.25, -0.2) is 22.0 Å². The van der Waals surface area contributed by atoms with Crippen LogP contribution in [0.4, 0.5) is 22.0 Å². The number of amides is 2. The molecule has 12 nitrogen and oxygen atoms in total. The molecule has 0 aliphatic carbocycles. The summed E-state index contributed by atoms with van der Waals surface area (Å²) in [5.74, 6) is -15.6. The Labute approximate surface area is 229 Å². The van der Waals surface area contributed by atoms with Gasteiger partial charge in [-0.1, -0.05) is 5.16 Å². The molecule has 2 rings (SSSR count). The maximum atomic E-state index is 14.0. The first-order valence-corrected chi connectivity index (χ1v) is 11.7. The van der Waals surface area contributed by atoms with Crippen molar-refractivity contribution in [2.45, 2.75) is 71.7 Å². The predicted molar refractivity (Wildman–Crippen MR) is 123 cm³/mol. The molecule has 0 saturated carbocycles. The number of hydrogen-bond donors (Lipinski definition) is 0. The highest BCUT2D eigenvalue weighted by Gasteiger charge is 2.50. The van der Waals surface area contributed by atoms with Gasteiger partial charge in [-0.2, -0.15) is 0 Å². The van der Waals surface area contributed by atoms with E-state index in [-0.39, 0.29) is 0 Å². The molecule has 1 saturated heterocycles. The number of morpholine rings is 1. The van der Waals surface area contributed by atoms with Crippen molar-refractivity contribution < 1.29 is 69.7 Å². The molecule has 5 atom stereocenters. The SMILES string of the molecule is CC(=O)OC[C@@H](OC(C)=O)[C@@H](OC(C)=O)[C@@H]1O[C@H](C)C(=O)N(C(C)=O)[C@H]1/C=N/OCc1c(F)c(F)c(F)c(F)c1F. The quantitative estimate of drug-likeness (QED) is 0.0746. The first-order chi connectivity index (χ1) is 19.1. The number of benzene rings is 1. The molecule has 0 radical (unpaired) electrons. The lowest BCUT2D eigenvalue weighted by Gasteiger charge is -2.43. The number of imide groups is 1. The van der Waals surface area contributed by atoms with Crippen molar-refractivity contribution in [3.63, 3.8) is 0 Å². The Bertz CT molecular complexity index is 1210. The summed E-state index contributed by atoms with van der Waals surface area (Å²) in [7, 11) is 0. The molecule has 0 N–H and O–H groups in total. The molecule has 1 aromatic rings. The average molecular weight is 596 g/mol. The smallest absolute Gasteiger partial charge is 0.303 e. The summed E-state index contributed by atoms with van der Waals surface area (Å²) in [4.78, 5) is 65.6. The van der Waals surface area contributed by atoms with E-state index in [2.05, 4.69) is 5.16 Å². The van der Waals surface area contributed by atoms with Crippen LogP contribution in [0, 0.1) is 29.1 Å². The molecular formula is C24H25F5N2O10. The Balaban J connectivity index is 2.51. The second-order valence-electron chi connectivity index (χ2n) is 8.56. The average Bonchev–Trinajstić information content (AvgIpc) is 2.88. The van der Waals surface area contributed by atoms with Crippen molar-refractivity contribution in [1.82, 2.24) is 4.90 Å². The Morgan fingerprint density at radius 1 is 0.902 bits per heavy atom. The van der Waals surface area contributed by atoms with Crippen molar-refractivity contribution in [3.8, 4) is 0 Å². The zero-order chi connectivity index (χ0) is 31.2. The standard InChI is InChI=1S/C24H25F5N2O10/c1-9-24(36)31(10(2)32)15(6-30-38-7-14-17(25)19(27)21(29)20(28)18(14)26)22(39-9)23(41-13(5)35)16(40-12(4)34)8-37-11(3)33/h6,9,15-16,22-23H,7-8H2,1-5H3/b30-6+/t9-,15+,16-,22-,23-/m1/s1. The second-order valence-corrected chi connectivity index (χ2v) is 8.56. The lowest BCUT2D eigenvalue weighted by atomic mass is 9.96. The van der Waals surface area contributed by atoms with Crippen LogP contribution in [0.3, 0.4) is 0 Å². The van der Waals surface area contributed by atoms with Gasteiger partial charge in [0.2, 0.25) is 11.7 Å². The number of nitrogens with zero attached hydrogens (tertiary/aromatic N) is 2. The van der Waals surface area contributed by atoms with Crippen molar-refractivity contribution in [2.24, 2.45) is 5.16 Å². The summed E-state index contributed by atoms with van der Waals surface area (Å²) in [6, 6.07) is -1.62. The molecule has 0 spiro atoms. The molecule has 17 heteroatoms. The Morgan fingerprint density at radius 3 is 1.93 bits per heavy atom. The fourth-order valence-corrected chi connectivity index (χ4v) is 3.79. The van der Waals surface area contributed by atoms with Crippen molar-refractivity contribution in [1.29, 1.82) is 0 Å². The zero-order valence-corrected chi connectivity index (χ0v) is 22.2. The molecule has 1 aromatic carbocycles. The largest absolute Gasteiger partial charge is 0.462 e. The molecule has 0 unspecified atom stereocenters. The fourth-order valence-electron chi connectivity index (χ4n) is 3.79. The van der Waals surface area contributed by atoms with Gasteiger partial charge in [-0.3, -0.25) is 28.9 Å². The summed E-state index contributed by atoms with van der Waals surface area (Å²) in [5.41, 5.74) is -1.36. The van der Waals surface area contributed by atoms with E-state index < -0.39 is 108 Å². The van der Waals surface area contributed by atoms with Gasteiger partial charge in [0, 0.05) is 27.7 Å². The van der Waals surface area contributed by atoms with E-state index in [0.717, 1.165) is 27.7 Å². The van der Waals surface area contributed by atoms with Crippen LogP contribution in [-0.2, 0) is 54.4 Å². The number of carbonyl (C=O) groups excluding carboxylic acids is 5. The van der Waals surface area contributed by atoms with Crippen LogP contribution in [0.25, 0.3) is 0 Å². The topological polar surface area (TPSA) is 147 Å². The van der Waals surface area contributed by atoms with Crippen LogP contribution in [0.15, 0.2) is 5.16 Å². The van der Waals surface area contributed by atoms with Crippen LogP contribution >= 0.6 is 0 Å². The highest BCUT2D eigenvalue weighted by atomic mass is 19.2. The summed E-state index contributed by atoms with van der Waals surface area (Å²) in [5, 5.41) is 3.40. The third-order valence-electron chi connectivity index (χ3n) is 5.48. The number of halogens is 5. The molecule has 2 amide bonds. The first kappa shape index (κ1) is 33.1. The molecule has 226 valence electrons. The monoisotopic (exact) mass is 596 g/mol. The van der Waals surface area contributed by atoms with E-state index in [0.29, 0.717) is 11.1 Å². The highest BCUT2D eigenvalue weighted by molar-refractivity contribution is 6.00. The molecular weight excluding hydrogens is 571 g/mol. The van der Waals surface area contributed by atoms with E-state index in [1.807, 2.05) is 0 Å². The van der Waals surface area contributed by atoms with Gasteiger partial charge < -0.3 is 23.8 Å². The van der Waals surface area contributed by atoms with Crippen LogP contribution < -0.4 is 0 Å². The van der Waals surface area contributed by atoms with Crippen LogP contribution in [0.2, 0.25) is 0 Å². The van der Waals surface area contributed by atoms with Gasteiger partial charge in [-0.15, -0.1) is 0 Å². The third kappa shape index (κ3) is 7.96. The van der Waals surface area contributed by atoms with E-state index in [4.69, 9.17) is 23.8 Å². The lowest BCUT2D eigenvalue weighted by molar-refractivity contribution is -0.206. The predicted octanol–water partition coefficient (Wildman–Crippen LogP) is 1.84. The Kier molecular flexibility index (Phi) is 11.3. The van der Waals surface area contributed by atoms with Gasteiger partial charge in [0.05, 0.1) is 11.8 Å². The number of ether oxygens (including phenoxy) is 4. The summed E-state index contributed by atoms with van der Waals surface area (Å²) < 4.78 is 89.1. The number of esters is 3. The fraction of sp³-hybridized carbons (Fsp3) is 0.500. The van der Waals surface area contributed by atoms with Gasteiger partial charge in [0.15, 0.2) is 35.5 Å². The van der Waals surface area contributed by atoms with Crippen LogP contribution in [0.1, 0.15) is 40.2 Å². The minimum Gasteiger partial charge on any atom is -0.462 e. The van der Waals surface area contributed by atoms with Crippen LogP contribution in [0.5, 0.6) is 0 Å². The molecule has 1 aliphatic heterocycles.